The molecule has 0 N–H and O–H groups in total. The second-order valence-corrected chi connectivity index (χ2v) is 3.93. The van der Waals surface area contributed by atoms with Crippen LogP contribution in [0.25, 0.3) is 6.08 Å². The number of amides is 1. The van der Waals surface area contributed by atoms with Gasteiger partial charge in [0.25, 0.3) is 5.91 Å². The van der Waals surface area contributed by atoms with Crippen molar-refractivity contribution in [3.63, 3.8) is 0 Å². The molecule has 1 aromatic carbocycles. The van der Waals surface area contributed by atoms with Gasteiger partial charge in [-0.05, 0) is 25.5 Å². The molecular weight excluding hydrogens is 230 g/mol. The van der Waals surface area contributed by atoms with E-state index in [0.29, 0.717) is 19.8 Å². The maximum Gasteiger partial charge on any atom is 0.270 e. The van der Waals surface area contributed by atoms with Crippen LogP contribution in [-0.4, -0.2) is 30.7 Å². The van der Waals surface area contributed by atoms with Crippen molar-refractivity contribution >= 4 is 12.0 Å². The van der Waals surface area contributed by atoms with Gasteiger partial charge in [-0.25, -0.2) is 5.06 Å². The van der Waals surface area contributed by atoms with Crippen LogP contribution in [0.3, 0.4) is 0 Å². The van der Waals surface area contributed by atoms with Crippen LogP contribution >= 0.6 is 0 Å². The molecule has 1 fully saturated rings. The van der Waals surface area contributed by atoms with Crippen molar-refractivity contribution in [2.24, 2.45) is 0 Å². The monoisotopic (exact) mass is 247 g/mol. The second kappa shape index (κ2) is 6.21. The van der Waals surface area contributed by atoms with Gasteiger partial charge in [0.15, 0.2) is 0 Å². The van der Waals surface area contributed by atoms with Crippen LogP contribution in [0.2, 0.25) is 0 Å². The van der Waals surface area contributed by atoms with E-state index >= 15 is 0 Å². The van der Waals surface area contributed by atoms with Crippen LogP contribution in [0.5, 0.6) is 5.75 Å². The molecule has 1 amide bonds. The zero-order valence-electron chi connectivity index (χ0n) is 10.5. The van der Waals surface area contributed by atoms with Gasteiger partial charge >= 0.3 is 0 Å². The largest absolute Gasteiger partial charge is 0.493 e. The van der Waals surface area contributed by atoms with Crippen molar-refractivity contribution in [1.29, 1.82) is 0 Å². The van der Waals surface area contributed by atoms with E-state index in [4.69, 9.17) is 9.57 Å². The minimum atomic E-state index is -0.126. The van der Waals surface area contributed by atoms with Gasteiger partial charge in [-0.15, -0.1) is 0 Å². The van der Waals surface area contributed by atoms with E-state index in [-0.39, 0.29) is 5.91 Å². The zero-order chi connectivity index (χ0) is 12.8. The molecule has 1 aromatic rings. The number of carbonyl (C=O) groups is 1. The van der Waals surface area contributed by atoms with Gasteiger partial charge in [0.1, 0.15) is 5.75 Å². The molecule has 4 nitrogen and oxygen atoms in total. The minimum absolute atomic E-state index is 0.126. The summed E-state index contributed by atoms with van der Waals surface area (Å²) in [6.07, 6.45) is 4.17. The SMILES string of the molecule is CCOc1ccccc1/C=C/C(=O)N1CCCO1. The Bertz CT molecular complexity index is 436. The molecule has 18 heavy (non-hydrogen) atoms. The molecule has 2 rings (SSSR count). The number of hydroxylamine groups is 2. The summed E-state index contributed by atoms with van der Waals surface area (Å²) in [7, 11) is 0. The van der Waals surface area contributed by atoms with Crippen LogP contribution in [0, 0.1) is 0 Å². The number of rotatable bonds is 4. The highest BCUT2D eigenvalue weighted by Crippen LogP contribution is 2.19. The topological polar surface area (TPSA) is 38.8 Å². The van der Waals surface area contributed by atoms with Gasteiger partial charge in [0, 0.05) is 11.6 Å². The number of hydrogen-bond acceptors (Lipinski definition) is 3. The van der Waals surface area contributed by atoms with Crippen LogP contribution in [-0.2, 0) is 9.63 Å². The summed E-state index contributed by atoms with van der Waals surface area (Å²) in [6.45, 7) is 3.82. The Morgan fingerprint density at radius 2 is 2.33 bits per heavy atom. The number of ether oxygens (including phenoxy) is 1. The summed E-state index contributed by atoms with van der Waals surface area (Å²) in [5, 5.41) is 1.39. The summed E-state index contributed by atoms with van der Waals surface area (Å²) in [6, 6.07) is 7.63. The maximum atomic E-state index is 11.8. The van der Waals surface area contributed by atoms with Crippen molar-refractivity contribution in [1.82, 2.24) is 5.06 Å². The average Bonchev–Trinajstić information content (AvgIpc) is 2.92. The molecule has 0 saturated carbocycles. The first kappa shape index (κ1) is 12.6. The lowest BCUT2D eigenvalue weighted by molar-refractivity contribution is -0.162. The zero-order valence-corrected chi connectivity index (χ0v) is 10.5. The molecule has 1 aliphatic rings. The molecule has 4 heteroatoms. The standard InChI is InChI=1S/C14H17NO3/c1-2-17-13-7-4-3-6-12(13)8-9-14(16)15-10-5-11-18-15/h3-4,6-9H,2,5,10-11H2,1H3/b9-8+. The van der Waals surface area contributed by atoms with Gasteiger partial charge in [0.2, 0.25) is 0 Å². The summed E-state index contributed by atoms with van der Waals surface area (Å²) >= 11 is 0. The molecule has 0 spiro atoms. The van der Waals surface area contributed by atoms with Crippen molar-refractivity contribution in [2.45, 2.75) is 13.3 Å². The summed E-state index contributed by atoms with van der Waals surface area (Å²) in [4.78, 5) is 16.9. The smallest absolute Gasteiger partial charge is 0.270 e. The first-order valence-electron chi connectivity index (χ1n) is 6.15. The number of benzene rings is 1. The lowest BCUT2D eigenvalue weighted by Gasteiger charge is -2.11. The van der Waals surface area contributed by atoms with Crippen LogP contribution in [0.4, 0.5) is 0 Å². The van der Waals surface area contributed by atoms with Gasteiger partial charge in [-0.2, -0.15) is 0 Å². The van der Waals surface area contributed by atoms with Crippen LogP contribution < -0.4 is 4.74 Å². The van der Waals surface area contributed by atoms with Crippen molar-refractivity contribution < 1.29 is 14.4 Å². The summed E-state index contributed by atoms with van der Waals surface area (Å²) in [5.74, 6) is 0.658. The predicted molar refractivity (Wildman–Crippen MR) is 68.9 cm³/mol. The molecule has 0 aliphatic carbocycles. The van der Waals surface area contributed by atoms with E-state index in [2.05, 4.69) is 0 Å². The van der Waals surface area contributed by atoms with Crippen LogP contribution in [0.1, 0.15) is 18.9 Å². The van der Waals surface area contributed by atoms with E-state index in [1.165, 1.54) is 11.1 Å². The van der Waals surface area contributed by atoms with E-state index in [0.717, 1.165) is 17.7 Å². The van der Waals surface area contributed by atoms with Gasteiger partial charge in [-0.1, -0.05) is 18.2 Å². The van der Waals surface area contributed by atoms with Gasteiger partial charge in [0.05, 0.1) is 19.8 Å². The lowest BCUT2D eigenvalue weighted by Crippen LogP contribution is -2.24. The third-order valence-electron chi connectivity index (χ3n) is 2.62. The molecule has 1 aliphatic heterocycles. The molecule has 0 aromatic heterocycles. The Labute approximate surface area is 107 Å². The highest BCUT2D eigenvalue weighted by Gasteiger charge is 2.16. The molecule has 0 bridgehead atoms. The lowest BCUT2D eigenvalue weighted by atomic mass is 10.2. The van der Waals surface area contributed by atoms with Crippen molar-refractivity contribution in [2.75, 3.05) is 19.8 Å². The van der Waals surface area contributed by atoms with E-state index < -0.39 is 0 Å². The highest BCUT2D eigenvalue weighted by atomic mass is 16.7. The maximum absolute atomic E-state index is 11.8. The molecule has 1 heterocycles. The van der Waals surface area contributed by atoms with Crippen molar-refractivity contribution in [3.05, 3.63) is 35.9 Å². The Kier molecular flexibility index (Phi) is 4.36. The molecular formula is C14H17NO3. The van der Waals surface area contributed by atoms with E-state index in [1.807, 2.05) is 31.2 Å². The second-order valence-electron chi connectivity index (χ2n) is 3.93. The number of nitrogens with zero attached hydrogens (tertiary/aromatic N) is 1. The fourth-order valence-corrected chi connectivity index (χ4v) is 1.77. The number of hydrogen-bond donors (Lipinski definition) is 0. The minimum Gasteiger partial charge on any atom is -0.493 e. The Morgan fingerprint density at radius 1 is 1.50 bits per heavy atom. The molecule has 1 saturated heterocycles. The van der Waals surface area contributed by atoms with E-state index in [1.54, 1.807) is 6.08 Å². The molecule has 0 unspecified atom stereocenters. The Hall–Kier alpha value is -1.81. The summed E-state index contributed by atoms with van der Waals surface area (Å²) < 4.78 is 5.49. The number of para-hydroxylation sites is 1. The fourth-order valence-electron chi connectivity index (χ4n) is 1.77. The summed E-state index contributed by atoms with van der Waals surface area (Å²) in [5.41, 5.74) is 0.895. The predicted octanol–water partition coefficient (Wildman–Crippen LogP) is 2.26. The van der Waals surface area contributed by atoms with Crippen molar-refractivity contribution in [3.8, 4) is 5.75 Å². The Morgan fingerprint density at radius 3 is 3.06 bits per heavy atom. The molecule has 0 radical (unpaired) electrons. The third kappa shape index (κ3) is 3.11. The molecule has 96 valence electrons. The van der Waals surface area contributed by atoms with Gasteiger partial charge in [-0.3, -0.25) is 9.63 Å². The average molecular weight is 247 g/mol. The number of carbonyl (C=O) groups excluding carboxylic acids is 1. The fraction of sp³-hybridized carbons (Fsp3) is 0.357. The Balaban J connectivity index is 2.05. The molecule has 0 atom stereocenters. The highest BCUT2D eigenvalue weighted by molar-refractivity contribution is 5.91. The van der Waals surface area contributed by atoms with E-state index in [9.17, 15) is 4.79 Å². The normalized spacial score (nSPS) is 15.3. The van der Waals surface area contributed by atoms with Gasteiger partial charge < -0.3 is 4.74 Å². The van der Waals surface area contributed by atoms with Crippen LogP contribution in [0.15, 0.2) is 30.3 Å². The third-order valence-corrected chi connectivity index (χ3v) is 2.62. The quantitative estimate of drug-likeness (QED) is 0.766. The first-order chi connectivity index (χ1) is 8.81. The first-order valence-corrected chi connectivity index (χ1v) is 6.15.